The lowest BCUT2D eigenvalue weighted by atomic mass is 9.89. The second kappa shape index (κ2) is 6.97. The molecule has 2 fully saturated rings. The number of morpholine rings is 1. The largest absolute Gasteiger partial charge is 0.378 e. The van der Waals surface area contributed by atoms with Crippen molar-refractivity contribution in [1.29, 1.82) is 0 Å². The minimum absolute atomic E-state index is 0.0520. The van der Waals surface area contributed by atoms with Gasteiger partial charge >= 0.3 is 0 Å². The Hall–Kier alpha value is -1.46. The maximum absolute atomic E-state index is 12.7. The third-order valence-electron chi connectivity index (χ3n) is 4.93. The first-order valence-corrected chi connectivity index (χ1v) is 8.55. The summed E-state index contributed by atoms with van der Waals surface area (Å²) in [7, 11) is 0. The molecule has 23 heavy (non-hydrogen) atoms. The quantitative estimate of drug-likeness (QED) is 0.856. The zero-order valence-electron chi connectivity index (χ0n) is 14.0. The predicted octanol–water partition coefficient (Wildman–Crippen LogP) is 2.52. The number of hydrogen-bond acceptors (Lipinski definition) is 4. The molecular formula is C18H26N2O3. The van der Waals surface area contributed by atoms with E-state index in [-0.39, 0.29) is 17.6 Å². The number of carbonyl (C=O) groups is 1. The third kappa shape index (κ3) is 3.56. The Morgan fingerprint density at radius 2 is 2.43 bits per heavy atom. The molecule has 0 unspecified atom stereocenters. The van der Waals surface area contributed by atoms with Crippen LogP contribution in [0.2, 0.25) is 0 Å². The van der Waals surface area contributed by atoms with Gasteiger partial charge in [-0.15, -0.1) is 0 Å². The molecule has 126 valence electrons. The molecule has 2 aliphatic rings. The second-order valence-corrected chi connectivity index (χ2v) is 6.85. The lowest BCUT2D eigenvalue weighted by Gasteiger charge is -2.44. The molecule has 0 bridgehead atoms. The summed E-state index contributed by atoms with van der Waals surface area (Å²) in [5.74, 6) is 0.422. The number of nitrogens with zero attached hydrogens (tertiary/aromatic N) is 2. The van der Waals surface area contributed by atoms with E-state index in [1.807, 2.05) is 11.0 Å². The number of ether oxygens (including phenoxy) is 2. The van der Waals surface area contributed by atoms with Crippen molar-refractivity contribution >= 4 is 5.91 Å². The molecule has 1 spiro atoms. The van der Waals surface area contributed by atoms with E-state index >= 15 is 0 Å². The van der Waals surface area contributed by atoms with Crippen LogP contribution in [0.1, 0.15) is 43.5 Å². The van der Waals surface area contributed by atoms with Crippen LogP contribution < -0.4 is 0 Å². The van der Waals surface area contributed by atoms with Crippen molar-refractivity contribution in [2.24, 2.45) is 5.92 Å². The van der Waals surface area contributed by atoms with Gasteiger partial charge in [0.1, 0.15) is 0 Å². The number of carbonyl (C=O) groups excluding carboxylic acids is 1. The van der Waals surface area contributed by atoms with Crippen molar-refractivity contribution in [3.8, 4) is 0 Å². The molecule has 1 aliphatic carbocycles. The highest BCUT2D eigenvalue weighted by molar-refractivity contribution is 5.94. The fourth-order valence-corrected chi connectivity index (χ4v) is 3.71. The Bertz CT molecular complexity index is 534. The van der Waals surface area contributed by atoms with Gasteiger partial charge in [-0.05, 0) is 38.8 Å². The van der Waals surface area contributed by atoms with Crippen molar-refractivity contribution < 1.29 is 14.3 Å². The number of amides is 1. The summed E-state index contributed by atoms with van der Waals surface area (Å²) >= 11 is 0. The molecule has 3 rings (SSSR count). The summed E-state index contributed by atoms with van der Waals surface area (Å²) in [4.78, 5) is 18.7. The molecule has 0 N–H and O–H groups in total. The van der Waals surface area contributed by atoms with Gasteiger partial charge in [0.15, 0.2) is 0 Å². The zero-order chi connectivity index (χ0) is 16.3. The molecule has 5 nitrogen and oxygen atoms in total. The minimum atomic E-state index is -0.231. The van der Waals surface area contributed by atoms with E-state index < -0.39 is 0 Å². The molecule has 5 heteroatoms. The van der Waals surface area contributed by atoms with Gasteiger partial charge in [0.05, 0.1) is 37.0 Å². The predicted molar refractivity (Wildman–Crippen MR) is 87.3 cm³/mol. The highest BCUT2D eigenvalue weighted by Crippen LogP contribution is 2.41. The van der Waals surface area contributed by atoms with Crippen LogP contribution in [-0.4, -0.2) is 53.8 Å². The van der Waals surface area contributed by atoms with Gasteiger partial charge in [0.25, 0.3) is 5.91 Å². The van der Waals surface area contributed by atoms with E-state index in [1.165, 1.54) is 0 Å². The Morgan fingerprint density at radius 3 is 3.17 bits per heavy atom. The highest BCUT2D eigenvalue weighted by atomic mass is 16.5. The van der Waals surface area contributed by atoms with E-state index in [1.54, 1.807) is 18.5 Å². The summed E-state index contributed by atoms with van der Waals surface area (Å²) in [6.45, 7) is 6.74. The van der Waals surface area contributed by atoms with Gasteiger partial charge in [-0.2, -0.15) is 0 Å². The van der Waals surface area contributed by atoms with Gasteiger partial charge in [-0.25, -0.2) is 0 Å². The van der Waals surface area contributed by atoms with Crippen LogP contribution in [-0.2, 0) is 9.47 Å². The molecule has 2 heterocycles. The van der Waals surface area contributed by atoms with Crippen LogP contribution in [0.4, 0.5) is 0 Å². The number of hydrogen-bond donors (Lipinski definition) is 0. The molecule has 1 aliphatic heterocycles. The monoisotopic (exact) mass is 318 g/mol. The van der Waals surface area contributed by atoms with Crippen molar-refractivity contribution in [2.45, 2.75) is 44.8 Å². The second-order valence-electron chi connectivity index (χ2n) is 6.85. The van der Waals surface area contributed by atoms with E-state index in [0.29, 0.717) is 37.8 Å². The summed E-state index contributed by atoms with van der Waals surface area (Å²) in [6, 6.07) is 3.63. The summed E-state index contributed by atoms with van der Waals surface area (Å²) < 4.78 is 12.0. The fraction of sp³-hybridized carbons (Fsp3) is 0.667. The average molecular weight is 318 g/mol. The molecule has 1 amide bonds. The maximum atomic E-state index is 12.7. The van der Waals surface area contributed by atoms with Crippen LogP contribution in [0.5, 0.6) is 0 Å². The van der Waals surface area contributed by atoms with Gasteiger partial charge in [0, 0.05) is 24.9 Å². The standard InChI is InChI=1S/C18H26N2O3/c1-14(2)22-12-16-6-3-7-18(16)13-20(9-10-23-18)17(21)15-5-4-8-19-11-15/h4-5,8,11,14,16H,3,6-7,9-10,12-13H2,1-2H3/t16-,18+/m1/s1. The van der Waals surface area contributed by atoms with E-state index in [2.05, 4.69) is 18.8 Å². The van der Waals surface area contributed by atoms with E-state index in [4.69, 9.17) is 9.47 Å². The first-order valence-electron chi connectivity index (χ1n) is 8.55. The molecule has 1 aromatic heterocycles. The molecule has 1 aromatic rings. The summed E-state index contributed by atoms with van der Waals surface area (Å²) in [5, 5.41) is 0. The van der Waals surface area contributed by atoms with Crippen LogP contribution in [0.15, 0.2) is 24.5 Å². The maximum Gasteiger partial charge on any atom is 0.255 e. The third-order valence-corrected chi connectivity index (χ3v) is 4.93. The smallest absolute Gasteiger partial charge is 0.255 e. The zero-order valence-corrected chi connectivity index (χ0v) is 14.0. The average Bonchev–Trinajstić information content (AvgIpc) is 2.95. The van der Waals surface area contributed by atoms with Crippen molar-refractivity contribution in [2.75, 3.05) is 26.3 Å². The van der Waals surface area contributed by atoms with Gasteiger partial charge in [-0.3, -0.25) is 9.78 Å². The Labute approximate surface area is 138 Å². The number of pyridine rings is 1. The normalized spacial score (nSPS) is 27.8. The minimum Gasteiger partial charge on any atom is -0.378 e. The molecule has 2 atom stereocenters. The lowest BCUT2D eigenvalue weighted by Crippen LogP contribution is -2.56. The lowest BCUT2D eigenvalue weighted by molar-refractivity contribution is -0.136. The van der Waals surface area contributed by atoms with Crippen LogP contribution in [0.3, 0.4) is 0 Å². The number of aromatic nitrogens is 1. The Morgan fingerprint density at radius 1 is 1.57 bits per heavy atom. The van der Waals surface area contributed by atoms with Gasteiger partial charge in [0.2, 0.25) is 0 Å². The van der Waals surface area contributed by atoms with Crippen LogP contribution in [0.25, 0.3) is 0 Å². The number of rotatable bonds is 4. The van der Waals surface area contributed by atoms with Gasteiger partial charge in [-0.1, -0.05) is 6.42 Å². The van der Waals surface area contributed by atoms with E-state index in [0.717, 1.165) is 19.3 Å². The summed E-state index contributed by atoms with van der Waals surface area (Å²) in [6.07, 6.45) is 6.81. The molecule has 0 radical (unpaired) electrons. The molecule has 0 aromatic carbocycles. The first kappa shape index (κ1) is 16.4. The first-order chi connectivity index (χ1) is 11.1. The summed E-state index contributed by atoms with van der Waals surface area (Å²) in [5.41, 5.74) is 0.419. The Kier molecular flexibility index (Phi) is 4.97. The van der Waals surface area contributed by atoms with Crippen molar-refractivity contribution in [3.05, 3.63) is 30.1 Å². The fourth-order valence-electron chi connectivity index (χ4n) is 3.71. The van der Waals surface area contributed by atoms with Gasteiger partial charge < -0.3 is 14.4 Å². The van der Waals surface area contributed by atoms with Crippen molar-refractivity contribution in [3.63, 3.8) is 0 Å². The highest BCUT2D eigenvalue weighted by Gasteiger charge is 2.48. The Balaban J connectivity index is 1.70. The molecule has 1 saturated heterocycles. The van der Waals surface area contributed by atoms with E-state index in [9.17, 15) is 4.79 Å². The SMILES string of the molecule is CC(C)OC[C@H]1CCC[C@]12CN(C(=O)c1cccnc1)CCO2. The molecule has 1 saturated carbocycles. The topological polar surface area (TPSA) is 51.7 Å². The van der Waals surface area contributed by atoms with Crippen LogP contribution >= 0.6 is 0 Å². The van der Waals surface area contributed by atoms with Crippen molar-refractivity contribution in [1.82, 2.24) is 9.88 Å². The molecular weight excluding hydrogens is 292 g/mol. The van der Waals surface area contributed by atoms with Crippen LogP contribution in [0, 0.1) is 5.92 Å².